The molecule has 0 amide bonds. The van der Waals surface area contributed by atoms with Gasteiger partial charge in [0, 0.05) is 13.6 Å². The predicted molar refractivity (Wildman–Crippen MR) is 65.8 cm³/mol. The zero-order valence-electron chi connectivity index (χ0n) is 10.4. The molecule has 2 N–H and O–H groups in total. The van der Waals surface area contributed by atoms with Crippen molar-refractivity contribution in [2.45, 2.75) is 25.7 Å². The Bertz CT molecular complexity index is 541. The van der Waals surface area contributed by atoms with Crippen molar-refractivity contribution in [1.82, 2.24) is 4.31 Å². The Morgan fingerprint density at radius 2 is 1.94 bits per heavy atom. The van der Waals surface area contributed by atoms with Crippen molar-refractivity contribution in [2.75, 3.05) is 19.3 Å². The molecular formula is C11H17FN2O2S. The van der Waals surface area contributed by atoms with Crippen LogP contribution in [0.1, 0.15) is 18.1 Å². The van der Waals surface area contributed by atoms with E-state index in [-0.39, 0.29) is 16.1 Å². The van der Waals surface area contributed by atoms with E-state index >= 15 is 0 Å². The molecule has 1 aromatic carbocycles. The van der Waals surface area contributed by atoms with E-state index in [0.717, 1.165) is 6.07 Å². The maximum absolute atomic E-state index is 13.4. The van der Waals surface area contributed by atoms with Gasteiger partial charge in [0.15, 0.2) is 0 Å². The van der Waals surface area contributed by atoms with Gasteiger partial charge in [-0.15, -0.1) is 0 Å². The van der Waals surface area contributed by atoms with Crippen LogP contribution in [0.4, 0.5) is 10.1 Å². The Labute approximate surface area is 101 Å². The van der Waals surface area contributed by atoms with Gasteiger partial charge in [0.05, 0.1) is 10.6 Å². The van der Waals surface area contributed by atoms with Crippen LogP contribution in [0.5, 0.6) is 0 Å². The van der Waals surface area contributed by atoms with Gasteiger partial charge in [0.2, 0.25) is 10.0 Å². The van der Waals surface area contributed by atoms with E-state index < -0.39 is 15.8 Å². The summed E-state index contributed by atoms with van der Waals surface area (Å²) in [5, 5.41) is 0. The molecule has 4 nitrogen and oxygen atoms in total. The molecule has 0 unspecified atom stereocenters. The monoisotopic (exact) mass is 260 g/mol. The van der Waals surface area contributed by atoms with Crippen LogP contribution in [-0.4, -0.2) is 26.3 Å². The lowest BCUT2D eigenvalue weighted by Crippen LogP contribution is -2.28. The van der Waals surface area contributed by atoms with Crippen molar-refractivity contribution in [3.8, 4) is 0 Å². The summed E-state index contributed by atoms with van der Waals surface area (Å²) in [4.78, 5) is 0.0979. The molecule has 0 fully saturated rings. The van der Waals surface area contributed by atoms with Gasteiger partial charge in [0.25, 0.3) is 0 Å². The molecule has 96 valence electrons. The molecule has 6 heteroatoms. The lowest BCUT2D eigenvalue weighted by molar-refractivity contribution is 0.485. The zero-order valence-corrected chi connectivity index (χ0v) is 11.2. The molecule has 0 heterocycles. The van der Waals surface area contributed by atoms with E-state index in [4.69, 9.17) is 5.73 Å². The van der Waals surface area contributed by atoms with Gasteiger partial charge in [-0.05, 0) is 31.0 Å². The first-order valence-electron chi connectivity index (χ1n) is 5.25. The number of anilines is 1. The highest BCUT2D eigenvalue weighted by Gasteiger charge is 2.26. The summed E-state index contributed by atoms with van der Waals surface area (Å²) in [6, 6.07) is 1.15. The molecule has 0 aliphatic carbocycles. The molecule has 17 heavy (non-hydrogen) atoms. The smallest absolute Gasteiger partial charge is 0.243 e. The molecular weight excluding hydrogens is 243 g/mol. The van der Waals surface area contributed by atoms with Crippen molar-refractivity contribution in [3.05, 3.63) is 23.0 Å². The van der Waals surface area contributed by atoms with Crippen molar-refractivity contribution in [1.29, 1.82) is 0 Å². The number of rotatable bonds is 3. The second-order valence-electron chi connectivity index (χ2n) is 3.96. The number of sulfonamides is 1. The van der Waals surface area contributed by atoms with Crippen molar-refractivity contribution in [2.24, 2.45) is 0 Å². The predicted octanol–water partition coefficient (Wildman–Crippen LogP) is 1.67. The maximum Gasteiger partial charge on any atom is 0.243 e. The van der Waals surface area contributed by atoms with Crippen LogP contribution in [0.25, 0.3) is 0 Å². The fourth-order valence-electron chi connectivity index (χ4n) is 1.65. The van der Waals surface area contributed by atoms with Gasteiger partial charge >= 0.3 is 0 Å². The summed E-state index contributed by atoms with van der Waals surface area (Å²) >= 11 is 0. The molecule has 1 rings (SSSR count). The van der Waals surface area contributed by atoms with Crippen LogP contribution in [-0.2, 0) is 10.0 Å². The number of hydrogen-bond acceptors (Lipinski definition) is 3. The van der Waals surface area contributed by atoms with Crippen LogP contribution < -0.4 is 5.73 Å². The summed E-state index contributed by atoms with van der Waals surface area (Å²) in [6.45, 7) is 5.15. The lowest BCUT2D eigenvalue weighted by atomic mass is 10.1. The summed E-state index contributed by atoms with van der Waals surface area (Å²) in [5.41, 5.74) is 6.06. The van der Waals surface area contributed by atoms with E-state index in [1.807, 2.05) is 0 Å². The third-order valence-corrected chi connectivity index (χ3v) is 5.04. The topological polar surface area (TPSA) is 63.4 Å². The highest BCUT2D eigenvalue weighted by atomic mass is 32.2. The molecule has 0 spiro atoms. The Kier molecular flexibility index (Phi) is 3.78. The minimum absolute atomic E-state index is 0.0979. The van der Waals surface area contributed by atoms with Crippen molar-refractivity contribution < 1.29 is 12.8 Å². The normalized spacial score (nSPS) is 12.1. The Hall–Kier alpha value is -1.14. The molecule has 0 bridgehead atoms. The van der Waals surface area contributed by atoms with Gasteiger partial charge in [-0.25, -0.2) is 17.1 Å². The van der Waals surface area contributed by atoms with Crippen LogP contribution in [0.3, 0.4) is 0 Å². The summed E-state index contributed by atoms with van der Waals surface area (Å²) in [5.74, 6) is -0.585. The molecule has 0 atom stereocenters. The van der Waals surface area contributed by atoms with Crippen LogP contribution in [0, 0.1) is 19.7 Å². The standard InChI is InChI=1S/C11H17FN2O2S/c1-5-14(4)17(15,16)11-7(2)6-9(12)10(13)8(11)3/h6H,5,13H2,1-4H3. The molecule has 0 aliphatic heterocycles. The van der Waals surface area contributed by atoms with Gasteiger partial charge in [-0.1, -0.05) is 6.92 Å². The van der Waals surface area contributed by atoms with E-state index in [0.29, 0.717) is 12.1 Å². The second-order valence-corrected chi connectivity index (χ2v) is 5.94. The highest BCUT2D eigenvalue weighted by molar-refractivity contribution is 7.89. The zero-order chi connectivity index (χ0) is 13.4. The Morgan fingerprint density at radius 3 is 2.41 bits per heavy atom. The third kappa shape index (κ3) is 2.28. The second kappa shape index (κ2) is 4.62. The largest absolute Gasteiger partial charge is 0.396 e. The molecule has 0 saturated heterocycles. The first-order chi connectivity index (χ1) is 7.73. The Balaban J connectivity index is 3.59. The lowest BCUT2D eigenvalue weighted by Gasteiger charge is -2.19. The van der Waals surface area contributed by atoms with Gasteiger partial charge in [-0.2, -0.15) is 0 Å². The maximum atomic E-state index is 13.4. The van der Waals surface area contributed by atoms with Gasteiger partial charge < -0.3 is 5.73 Å². The number of nitrogen functional groups attached to an aromatic ring is 1. The highest BCUT2D eigenvalue weighted by Crippen LogP contribution is 2.29. The van der Waals surface area contributed by atoms with E-state index in [9.17, 15) is 12.8 Å². The van der Waals surface area contributed by atoms with Gasteiger partial charge in [0.1, 0.15) is 5.82 Å². The summed E-state index contributed by atoms with van der Waals surface area (Å²) in [7, 11) is -2.12. The Morgan fingerprint density at radius 1 is 1.41 bits per heavy atom. The number of nitrogens with zero attached hydrogens (tertiary/aromatic N) is 1. The third-order valence-electron chi connectivity index (χ3n) is 2.82. The first-order valence-corrected chi connectivity index (χ1v) is 6.69. The molecule has 0 radical (unpaired) electrons. The first kappa shape index (κ1) is 13.9. The summed E-state index contributed by atoms with van der Waals surface area (Å²) < 4.78 is 39.0. The van der Waals surface area contributed by atoms with E-state index in [2.05, 4.69) is 0 Å². The SMILES string of the molecule is CCN(C)S(=O)(=O)c1c(C)cc(F)c(N)c1C. The van der Waals surface area contributed by atoms with Crippen molar-refractivity contribution >= 4 is 15.7 Å². The molecule has 0 saturated carbocycles. The minimum atomic E-state index is -3.60. The molecule has 0 aliphatic rings. The van der Waals surface area contributed by atoms with Crippen molar-refractivity contribution in [3.63, 3.8) is 0 Å². The van der Waals surface area contributed by atoms with Gasteiger partial charge in [-0.3, -0.25) is 0 Å². The van der Waals surface area contributed by atoms with E-state index in [1.54, 1.807) is 13.8 Å². The molecule has 0 aromatic heterocycles. The number of hydrogen-bond donors (Lipinski definition) is 1. The average Bonchev–Trinajstić information content (AvgIpc) is 2.24. The fourth-order valence-corrected chi connectivity index (χ4v) is 3.27. The average molecular weight is 260 g/mol. The van der Waals surface area contributed by atoms with Crippen LogP contribution in [0.15, 0.2) is 11.0 Å². The number of benzene rings is 1. The minimum Gasteiger partial charge on any atom is -0.396 e. The van der Waals surface area contributed by atoms with Crippen LogP contribution >= 0.6 is 0 Å². The molecule has 1 aromatic rings. The number of halogens is 1. The quantitative estimate of drug-likeness (QED) is 0.841. The number of aryl methyl sites for hydroxylation is 1. The fraction of sp³-hybridized carbons (Fsp3) is 0.455. The number of nitrogens with two attached hydrogens (primary N) is 1. The summed E-state index contributed by atoms with van der Waals surface area (Å²) in [6.07, 6.45) is 0. The van der Waals surface area contributed by atoms with E-state index in [1.165, 1.54) is 18.3 Å². The van der Waals surface area contributed by atoms with Crippen LogP contribution in [0.2, 0.25) is 0 Å².